The monoisotopic (exact) mass is 356 g/mol. The van der Waals surface area contributed by atoms with E-state index >= 15 is 0 Å². The van der Waals surface area contributed by atoms with Crippen molar-refractivity contribution in [3.05, 3.63) is 18.2 Å². The summed E-state index contributed by atoms with van der Waals surface area (Å²) in [6, 6.07) is 4.42. The highest BCUT2D eigenvalue weighted by atomic mass is 32.2. The van der Waals surface area contributed by atoms with E-state index in [9.17, 15) is 8.42 Å². The van der Waals surface area contributed by atoms with Crippen molar-refractivity contribution in [2.24, 2.45) is 10.9 Å². The average molecular weight is 356 g/mol. The summed E-state index contributed by atoms with van der Waals surface area (Å²) in [5.41, 5.74) is 0. The van der Waals surface area contributed by atoms with Crippen molar-refractivity contribution in [3.63, 3.8) is 0 Å². The second-order valence-electron chi connectivity index (χ2n) is 5.85. The van der Waals surface area contributed by atoms with Crippen LogP contribution in [-0.4, -0.2) is 53.4 Å². The summed E-state index contributed by atoms with van der Waals surface area (Å²) < 4.78 is 37.7. The molecule has 1 heterocycles. The van der Waals surface area contributed by atoms with E-state index in [2.05, 4.69) is 33.8 Å². The third-order valence-corrected chi connectivity index (χ3v) is 4.76. The van der Waals surface area contributed by atoms with Crippen molar-refractivity contribution in [1.82, 2.24) is 14.9 Å². The van der Waals surface area contributed by atoms with Gasteiger partial charge in [0.2, 0.25) is 5.96 Å². The fourth-order valence-electron chi connectivity index (χ4n) is 2.34. The molecule has 0 spiro atoms. The van der Waals surface area contributed by atoms with Gasteiger partial charge in [-0.2, -0.15) is 0 Å². The standard InChI is InChI=1S/C15H24N4O4S/c1-11(2)8-19-9-16-15(17-10-19)18-24(20,21)12-5-6-13(22-3)14(7-12)23-4/h5-7,11H,8-10H2,1-4H3,(H2,16,17,18). The molecule has 0 aliphatic carbocycles. The van der Waals surface area contributed by atoms with Gasteiger partial charge in [0.25, 0.3) is 10.0 Å². The van der Waals surface area contributed by atoms with Crippen LogP contribution in [0.25, 0.3) is 0 Å². The van der Waals surface area contributed by atoms with Gasteiger partial charge in [-0.25, -0.2) is 18.1 Å². The van der Waals surface area contributed by atoms with Crippen LogP contribution in [-0.2, 0) is 10.0 Å². The molecule has 2 N–H and O–H groups in total. The van der Waals surface area contributed by atoms with Crippen LogP contribution in [0.1, 0.15) is 13.8 Å². The van der Waals surface area contributed by atoms with Crippen LogP contribution in [0.5, 0.6) is 11.5 Å². The number of guanidine groups is 1. The summed E-state index contributed by atoms with van der Waals surface area (Å²) in [4.78, 5) is 6.41. The number of sulfonamides is 1. The zero-order valence-electron chi connectivity index (χ0n) is 14.4. The minimum absolute atomic E-state index is 0.0780. The van der Waals surface area contributed by atoms with Crippen molar-refractivity contribution >= 4 is 16.0 Å². The van der Waals surface area contributed by atoms with Crippen LogP contribution in [0.15, 0.2) is 28.1 Å². The molecular weight excluding hydrogens is 332 g/mol. The summed E-state index contributed by atoms with van der Waals surface area (Å²) in [6.07, 6.45) is 0. The smallest absolute Gasteiger partial charge is 0.264 e. The zero-order valence-corrected chi connectivity index (χ0v) is 15.2. The van der Waals surface area contributed by atoms with Crippen molar-refractivity contribution in [2.75, 3.05) is 34.1 Å². The average Bonchev–Trinajstić information content (AvgIpc) is 2.55. The maximum absolute atomic E-state index is 12.5. The molecule has 0 fully saturated rings. The highest BCUT2D eigenvalue weighted by Crippen LogP contribution is 2.29. The Morgan fingerprint density at radius 1 is 1.29 bits per heavy atom. The molecule has 0 amide bonds. The third kappa shape index (κ3) is 4.51. The van der Waals surface area contributed by atoms with Crippen molar-refractivity contribution in [3.8, 4) is 11.5 Å². The number of hydrogen-bond donors (Lipinski definition) is 2. The molecule has 0 radical (unpaired) electrons. The van der Waals surface area contributed by atoms with Crippen molar-refractivity contribution in [2.45, 2.75) is 18.7 Å². The molecule has 8 nitrogen and oxygen atoms in total. The van der Waals surface area contributed by atoms with E-state index in [1.165, 1.54) is 26.4 Å². The van der Waals surface area contributed by atoms with Gasteiger partial charge in [0.15, 0.2) is 11.5 Å². The summed E-state index contributed by atoms with van der Waals surface area (Å²) >= 11 is 0. The quantitative estimate of drug-likeness (QED) is 0.784. The van der Waals surface area contributed by atoms with E-state index in [0.717, 1.165) is 6.54 Å². The number of methoxy groups -OCH3 is 2. The Hall–Kier alpha value is -2.00. The van der Waals surface area contributed by atoms with E-state index in [1.54, 1.807) is 6.07 Å². The first-order chi connectivity index (χ1) is 11.4. The number of nitrogens with zero attached hydrogens (tertiary/aromatic N) is 2. The highest BCUT2D eigenvalue weighted by Gasteiger charge is 2.21. The molecule has 0 atom stereocenters. The van der Waals surface area contributed by atoms with Gasteiger partial charge in [-0.15, -0.1) is 0 Å². The molecule has 1 aromatic rings. The molecule has 0 bridgehead atoms. The van der Waals surface area contributed by atoms with Crippen LogP contribution in [0.3, 0.4) is 0 Å². The van der Waals surface area contributed by atoms with E-state index < -0.39 is 10.0 Å². The Labute approximate surface area is 142 Å². The minimum Gasteiger partial charge on any atom is -0.493 e. The molecule has 24 heavy (non-hydrogen) atoms. The van der Waals surface area contributed by atoms with Gasteiger partial charge in [0.05, 0.1) is 32.5 Å². The molecule has 0 aromatic heterocycles. The van der Waals surface area contributed by atoms with E-state index in [4.69, 9.17) is 9.47 Å². The fourth-order valence-corrected chi connectivity index (χ4v) is 3.36. The number of hydrogen-bond acceptors (Lipinski definition) is 7. The Balaban J connectivity index is 2.10. The van der Waals surface area contributed by atoms with Crippen molar-refractivity contribution < 1.29 is 17.9 Å². The Morgan fingerprint density at radius 2 is 2.00 bits per heavy atom. The van der Waals surface area contributed by atoms with Gasteiger partial charge in [-0.3, -0.25) is 4.90 Å². The van der Waals surface area contributed by atoms with Crippen LogP contribution in [0.4, 0.5) is 0 Å². The Morgan fingerprint density at radius 3 is 2.54 bits per heavy atom. The largest absolute Gasteiger partial charge is 0.493 e. The van der Waals surface area contributed by atoms with E-state index in [1.807, 2.05) is 0 Å². The van der Waals surface area contributed by atoms with Crippen LogP contribution < -0.4 is 19.5 Å². The molecule has 0 saturated carbocycles. The Bertz CT molecular complexity index is 703. The van der Waals surface area contributed by atoms with Gasteiger partial charge < -0.3 is 14.8 Å². The number of benzene rings is 1. The normalized spacial score (nSPS) is 15.6. The molecule has 1 aliphatic heterocycles. The summed E-state index contributed by atoms with van der Waals surface area (Å²) in [6.45, 7) is 6.14. The summed E-state index contributed by atoms with van der Waals surface area (Å²) in [5.74, 6) is 1.58. The maximum Gasteiger partial charge on any atom is 0.264 e. The van der Waals surface area contributed by atoms with Crippen LogP contribution in [0.2, 0.25) is 0 Å². The number of ether oxygens (including phenoxy) is 2. The first-order valence-electron chi connectivity index (χ1n) is 7.61. The zero-order chi connectivity index (χ0) is 17.7. The maximum atomic E-state index is 12.5. The Kier molecular flexibility index (Phi) is 5.89. The minimum atomic E-state index is -3.76. The molecular formula is C15H24N4O4S. The predicted octanol–water partition coefficient (Wildman–Crippen LogP) is 0.814. The van der Waals surface area contributed by atoms with Gasteiger partial charge in [0, 0.05) is 12.6 Å². The fraction of sp³-hybridized carbons (Fsp3) is 0.533. The lowest BCUT2D eigenvalue weighted by Gasteiger charge is -2.28. The van der Waals surface area contributed by atoms with Crippen molar-refractivity contribution in [1.29, 1.82) is 0 Å². The molecule has 0 unspecified atom stereocenters. The molecule has 0 saturated heterocycles. The van der Waals surface area contributed by atoms with Crippen LogP contribution >= 0.6 is 0 Å². The highest BCUT2D eigenvalue weighted by molar-refractivity contribution is 7.90. The first-order valence-corrected chi connectivity index (χ1v) is 9.09. The summed E-state index contributed by atoms with van der Waals surface area (Å²) in [5, 5.41) is 2.98. The molecule has 9 heteroatoms. The number of rotatable bonds is 6. The summed E-state index contributed by atoms with van der Waals surface area (Å²) in [7, 11) is -0.805. The third-order valence-electron chi connectivity index (χ3n) is 3.42. The SMILES string of the molecule is COc1ccc(S(=O)(=O)NC2=NCN(CC(C)C)CN2)cc1OC. The lowest BCUT2D eigenvalue weighted by molar-refractivity contribution is 0.235. The molecule has 134 valence electrons. The second kappa shape index (κ2) is 7.71. The van der Waals surface area contributed by atoms with Gasteiger partial charge >= 0.3 is 0 Å². The van der Waals surface area contributed by atoms with Gasteiger partial charge in [-0.1, -0.05) is 13.8 Å². The van der Waals surface area contributed by atoms with Gasteiger partial charge in [0.1, 0.15) is 0 Å². The molecule has 2 rings (SSSR count). The van der Waals surface area contributed by atoms with E-state index in [0.29, 0.717) is 30.8 Å². The lowest BCUT2D eigenvalue weighted by atomic mass is 10.2. The van der Waals surface area contributed by atoms with E-state index in [-0.39, 0.29) is 10.9 Å². The van der Waals surface area contributed by atoms with Gasteiger partial charge in [-0.05, 0) is 18.1 Å². The topological polar surface area (TPSA) is 92.3 Å². The number of aliphatic imine (C=N–C) groups is 1. The molecule has 1 aromatic carbocycles. The number of nitrogens with one attached hydrogen (secondary N) is 2. The predicted molar refractivity (Wildman–Crippen MR) is 91.7 cm³/mol. The first kappa shape index (κ1) is 18.3. The molecule has 1 aliphatic rings. The lowest BCUT2D eigenvalue weighted by Crippen LogP contribution is -2.50. The van der Waals surface area contributed by atoms with Crippen LogP contribution in [0, 0.1) is 5.92 Å². The second-order valence-corrected chi connectivity index (χ2v) is 7.53.